The van der Waals surface area contributed by atoms with Gasteiger partial charge in [-0.15, -0.1) is 0 Å². The van der Waals surface area contributed by atoms with E-state index in [-0.39, 0.29) is 11.8 Å². The number of hydrogen-bond acceptors (Lipinski definition) is 3. The molecule has 0 bridgehead atoms. The second-order valence-electron chi connectivity index (χ2n) is 6.11. The number of carbonyl (C=O) groups excluding carboxylic acids is 1. The smallest absolute Gasteiger partial charge is 0.225 e. The van der Waals surface area contributed by atoms with Crippen molar-refractivity contribution in [3.05, 3.63) is 59.4 Å². The van der Waals surface area contributed by atoms with Crippen molar-refractivity contribution in [1.82, 2.24) is 15.6 Å². The van der Waals surface area contributed by atoms with Crippen molar-refractivity contribution in [2.45, 2.75) is 25.8 Å². The molecule has 130 valence electrons. The molecule has 1 aromatic heterocycles. The van der Waals surface area contributed by atoms with Gasteiger partial charge >= 0.3 is 0 Å². The Labute approximate surface area is 147 Å². The molecule has 0 radical (unpaired) electrons. The Kier molecular flexibility index (Phi) is 5.28. The molecule has 0 spiro atoms. The molecule has 0 saturated heterocycles. The Morgan fingerprint density at radius 1 is 1.24 bits per heavy atom. The van der Waals surface area contributed by atoms with E-state index in [2.05, 4.69) is 32.0 Å². The molecule has 1 aromatic carbocycles. The molecule has 1 aliphatic rings. The average Bonchev–Trinajstić information content (AvgIpc) is 2.61. The quantitative estimate of drug-likeness (QED) is 0.590. The van der Waals surface area contributed by atoms with Crippen LogP contribution in [0, 0.1) is 6.92 Å². The first kappa shape index (κ1) is 17.0. The number of para-hydroxylation sites is 1. The number of hydrogen-bond donors (Lipinski definition) is 3. The second-order valence-corrected chi connectivity index (χ2v) is 6.11. The SMILES string of the molecule is CN=C(NCc1cccc(C)n1)NCC1CC(=O)Nc2ccccc21. The van der Waals surface area contributed by atoms with Gasteiger partial charge in [0.05, 0.1) is 12.2 Å². The lowest BCUT2D eigenvalue weighted by molar-refractivity contribution is -0.116. The van der Waals surface area contributed by atoms with Crippen molar-refractivity contribution in [3.63, 3.8) is 0 Å². The number of carbonyl (C=O) groups is 1. The van der Waals surface area contributed by atoms with Crippen molar-refractivity contribution >= 4 is 17.6 Å². The van der Waals surface area contributed by atoms with Gasteiger partial charge < -0.3 is 16.0 Å². The zero-order chi connectivity index (χ0) is 17.6. The van der Waals surface area contributed by atoms with Gasteiger partial charge in [-0.3, -0.25) is 14.8 Å². The maximum atomic E-state index is 11.9. The normalized spacial score (nSPS) is 16.8. The molecule has 6 heteroatoms. The summed E-state index contributed by atoms with van der Waals surface area (Å²) in [7, 11) is 1.74. The zero-order valence-electron chi connectivity index (χ0n) is 14.5. The molecule has 3 rings (SSSR count). The van der Waals surface area contributed by atoms with Crippen LogP contribution in [0.5, 0.6) is 0 Å². The number of nitrogens with zero attached hydrogens (tertiary/aromatic N) is 2. The highest BCUT2D eigenvalue weighted by Crippen LogP contribution is 2.31. The van der Waals surface area contributed by atoms with Crippen LogP contribution in [0.4, 0.5) is 5.69 Å². The van der Waals surface area contributed by atoms with Gasteiger partial charge in [-0.05, 0) is 30.7 Å². The predicted octanol–water partition coefficient (Wildman–Crippen LogP) is 2.18. The Hall–Kier alpha value is -2.89. The van der Waals surface area contributed by atoms with Crippen LogP contribution < -0.4 is 16.0 Å². The summed E-state index contributed by atoms with van der Waals surface area (Å²) < 4.78 is 0. The lowest BCUT2D eigenvalue weighted by Gasteiger charge is -2.26. The van der Waals surface area contributed by atoms with Crippen molar-refractivity contribution in [3.8, 4) is 0 Å². The molecule has 2 heterocycles. The van der Waals surface area contributed by atoms with Gasteiger partial charge in [0, 0.05) is 37.3 Å². The number of aryl methyl sites for hydroxylation is 1. The molecule has 1 aliphatic heterocycles. The summed E-state index contributed by atoms with van der Waals surface area (Å²) in [4.78, 5) is 20.6. The van der Waals surface area contributed by atoms with E-state index in [1.54, 1.807) is 7.05 Å². The summed E-state index contributed by atoms with van der Waals surface area (Å²) in [6.07, 6.45) is 0.473. The van der Waals surface area contributed by atoms with Gasteiger partial charge in [0.2, 0.25) is 5.91 Å². The molecule has 1 atom stereocenters. The summed E-state index contributed by atoms with van der Waals surface area (Å²) in [5.74, 6) is 0.879. The van der Waals surface area contributed by atoms with Gasteiger partial charge in [0.1, 0.15) is 0 Å². The number of fused-ring (bicyclic) bond motifs is 1. The number of amides is 1. The minimum atomic E-state index is 0.0532. The Morgan fingerprint density at radius 3 is 2.88 bits per heavy atom. The van der Waals surface area contributed by atoms with Crippen LogP contribution in [0.15, 0.2) is 47.5 Å². The van der Waals surface area contributed by atoms with Crippen LogP contribution in [0.2, 0.25) is 0 Å². The van der Waals surface area contributed by atoms with Gasteiger partial charge in [0.25, 0.3) is 0 Å². The summed E-state index contributed by atoms with van der Waals surface area (Å²) >= 11 is 0. The fraction of sp³-hybridized carbons (Fsp3) is 0.316. The predicted molar refractivity (Wildman–Crippen MR) is 99.6 cm³/mol. The van der Waals surface area contributed by atoms with Crippen molar-refractivity contribution in [2.24, 2.45) is 4.99 Å². The van der Waals surface area contributed by atoms with E-state index in [0.29, 0.717) is 25.5 Å². The van der Waals surface area contributed by atoms with Crippen LogP contribution >= 0.6 is 0 Å². The second kappa shape index (κ2) is 7.79. The van der Waals surface area contributed by atoms with Crippen molar-refractivity contribution in [2.75, 3.05) is 18.9 Å². The highest BCUT2D eigenvalue weighted by molar-refractivity contribution is 5.94. The molecule has 0 fully saturated rings. The molecule has 0 aliphatic carbocycles. The van der Waals surface area contributed by atoms with Gasteiger partial charge in [-0.25, -0.2) is 0 Å². The lowest BCUT2D eigenvalue weighted by Crippen LogP contribution is -2.40. The molecular weight excluding hydrogens is 314 g/mol. The number of anilines is 1. The molecule has 1 amide bonds. The summed E-state index contributed by atoms with van der Waals surface area (Å²) in [5.41, 5.74) is 4.01. The third-order valence-corrected chi connectivity index (χ3v) is 4.23. The van der Waals surface area contributed by atoms with Gasteiger partial charge in [-0.2, -0.15) is 0 Å². The highest BCUT2D eigenvalue weighted by Gasteiger charge is 2.24. The third-order valence-electron chi connectivity index (χ3n) is 4.23. The number of rotatable bonds is 4. The van der Waals surface area contributed by atoms with Crippen molar-refractivity contribution < 1.29 is 4.79 Å². The third kappa shape index (κ3) is 4.35. The number of nitrogens with one attached hydrogen (secondary N) is 3. The van der Waals surface area contributed by atoms with Crippen LogP contribution in [0.3, 0.4) is 0 Å². The molecular formula is C19H23N5O. The molecule has 0 saturated carbocycles. The Balaban J connectivity index is 1.59. The highest BCUT2D eigenvalue weighted by atomic mass is 16.1. The molecule has 2 aromatic rings. The minimum absolute atomic E-state index is 0.0532. The van der Waals surface area contributed by atoms with Gasteiger partial charge in [-0.1, -0.05) is 24.3 Å². The summed E-state index contributed by atoms with van der Waals surface area (Å²) in [6, 6.07) is 13.9. The van der Waals surface area contributed by atoms with Crippen molar-refractivity contribution in [1.29, 1.82) is 0 Å². The minimum Gasteiger partial charge on any atom is -0.356 e. The van der Waals surface area contributed by atoms with Crippen LogP contribution in [0.1, 0.15) is 29.3 Å². The molecule has 6 nitrogen and oxygen atoms in total. The topological polar surface area (TPSA) is 78.4 Å². The number of aliphatic imine (C=N–C) groups is 1. The van der Waals surface area contributed by atoms with E-state index in [0.717, 1.165) is 22.6 Å². The average molecular weight is 337 g/mol. The van der Waals surface area contributed by atoms with Crippen LogP contribution in [-0.4, -0.2) is 30.4 Å². The van der Waals surface area contributed by atoms with E-state index >= 15 is 0 Å². The standard InChI is InChI=1S/C19H23N5O/c1-13-6-5-7-15(23-13)12-22-19(20-2)21-11-14-10-18(25)24-17-9-4-3-8-16(14)17/h3-9,14H,10-12H2,1-2H3,(H,24,25)(H2,20,21,22). The first-order chi connectivity index (χ1) is 12.2. The van der Waals surface area contributed by atoms with E-state index in [1.807, 2.05) is 43.3 Å². The number of pyridine rings is 1. The molecule has 25 heavy (non-hydrogen) atoms. The molecule has 3 N–H and O–H groups in total. The monoisotopic (exact) mass is 337 g/mol. The fourth-order valence-electron chi connectivity index (χ4n) is 3.00. The zero-order valence-corrected chi connectivity index (χ0v) is 14.5. The number of benzene rings is 1. The number of aromatic nitrogens is 1. The lowest BCUT2D eigenvalue weighted by atomic mass is 9.90. The van der Waals surface area contributed by atoms with Gasteiger partial charge in [0.15, 0.2) is 5.96 Å². The first-order valence-corrected chi connectivity index (χ1v) is 8.41. The number of guanidine groups is 1. The van der Waals surface area contributed by atoms with Crippen LogP contribution in [0.25, 0.3) is 0 Å². The fourth-order valence-corrected chi connectivity index (χ4v) is 3.00. The maximum absolute atomic E-state index is 11.9. The van der Waals surface area contributed by atoms with E-state index in [9.17, 15) is 4.79 Å². The Morgan fingerprint density at radius 2 is 2.08 bits per heavy atom. The largest absolute Gasteiger partial charge is 0.356 e. The summed E-state index contributed by atoms with van der Waals surface area (Å²) in [5, 5.41) is 9.50. The molecule has 1 unspecified atom stereocenters. The van der Waals surface area contributed by atoms with Crippen LogP contribution in [-0.2, 0) is 11.3 Å². The van der Waals surface area contributed by atoms with E-state index in [1.165, 1.54) is 0 Å². The Bertz CT molecular complexity index is 787. The first-order valence-electron chi connectivity index (χ1n) is 8.41. The van der Waals surface area contributed by atoms with E-state index in [4.69, 9.17) is 0 Å². The summed E-state index contributed by atoms with van der Waals surface area (Å²) in [6.45, 7) is 3.22. The maximum Gasteiger partial charge on any atom is 0.225 e. The van der Waals surface area contributed by atoms with E-state index < -0.39 is 0 Å².